The average Bonchev–Trinajstić information content (AvgIpc) is 3.27. The summed E-state index contributed by atoms with van der Waals surface area (Å²) in [5.41, 5.74) is 3.57. The van der Waals surface area contributed by atoms with E-state index in [0.717, 1.165) is 0 Å². The lowest BCUT2D eigenvalue weighted by atomic mass is 10.0. The molecule has 0 aliphatic carbocycles. The summed E-state index contributed by atoms with van der Waals surface area (Å²) in [7, 11) is 0. The number of carbonyl (C=O) groups excluding carboxylic acids is 2. The van der Waals surface area contributed by atoms with E-state index in [0.29, 0.717) is 51.8 Å². The average molecular weight is 534 g/mol. The Labute approximate surface area is 206 Å². The fraction of sp³-hybridized carbons (Fsp3) is 0.375. The first-order chi connectivity index (χ1) is 16.3. The second-order valence-corrected chi connectivity index (χ2v) is 8.55. The minimum atomic E-state index is -0.791. The predicted molar refractivity (Wildman–Crippen MR) is 131 cm³/mol. The van der Waals surface area contributed by atoms with Gasteiger partial charge in [0.05, 0.1) is 23.9 Å². The minimum absolute atomic E-state index is 0.117. The number of rotatable bonds is 10. The maximum atomic E-state index is 12.8. The first-order valence-corrected chi connectivity index (χ1v) is 11.8. The lowest BCUT2D eigenvalue weighted by molar-refractivity contribution is -0.123. The summed E-state index contributed by atoms with van der Waals surface area (Å²) in [6.45, 7) is 8.54. The first kappa shape index (κ1) is 25.4. The van der Waals surface area contributed by atoms with Gasteiger partial charge in [-0.15, -0.1) is 0 Å². The fourth-order valence-electron chi connectivity index (χ4n) is 3.25. The molecule has 0 saturated carbocycles. The smallest absolute Gasteiger partial charge is 0.262 e. The molecule has 34 heavy (non-hydrogen) atoms. The van der Waals surface area contributed by atoms with Crippen LogP contribution >= 0.6 is 15.9 Å². The van der Waals surface area contributed by atoms with E-state index in [2.05, 4.69) is 31.8 Å². The number of nitrogens with one attached hydrogen (secondary N) is 2. The molecule has 0 aromatic heterocycles. The van der Waals surface area contributed by atoms with Gasteiger partial charge in [0.25, 0.3) is 11.8 Å². The summed E-state index contributed by atoms with van der Waals surface area (Å²) in [5.74, 6) is 1.26. The molecule has 1 aliphatic heterocycles. The van der Waals surface area contributed by atoms with E-state index in [1.54, 1.807) is 24.3 Å². The molecule has 0 bridgehead atoms. The second kappa shape index (κ2) is 11.7. The highest BCUT2D eigenvalue weighted by molar-refractivity contribution is 9.10. The summed E-state index contributed by atoms with van der Waals surface area (Å²) in [5, 5.41) is 6.82. The molecule has 0 fully saturated rings. The van der Waals surface area contributed by atoms with Crippen molar-refractivity contribution in [3.8, 4) is 23.0 Å². The zero-order chi connectivity index (χ0) is 24.7. The Morgan fingerprint density at radius 1 is 1.12 bits per heavy atom. The van der Waals surface area contributed by atoms with Crippen LogP contribution in [0.4, 0.5) is 0 Å². The SMILES string of the molecule is CCOc1cc(C=NNC(=O)C(NC(=O)c2ccc3c(c2)OCO3)C(C)C)cc(Br)c1OCC. The molecular formula is C24H28BrN3O6. The van der Waals surface area contributed by atoms with E-state index < -0.39 is 17.9 Å². The molecule has 1 atom stereocenters. The van der Waals surface area contributed by atoms with Crippen molar-refractivity contribution in [1.82, 2.24) is 10.7 Å². The van der Waals surface area contributed by atoms with Crippen LogP contribution in [0.15, 0.2) is 39.9 Å². The number of ether oxygens (including phenoxy) is 4. The van der Waals surface area contributed by atoms with E-state index in [4.69, 9.17) is 18.9 Å². The van der Waals surface area contributed by atoms with Crippen LogP contribution in [0.3, 0.4) is 0 Å². The third-order valence-electron chi connectivity index (χ3n) is 4.88. The van der Waals surface area contributed by atoms with Crippen molar-refractivity contribution in [2.24, 2.45) is 11.0 Å². The molecule has 1 unspecified atom stereocenters. The van der Waals surface area contributed by atoms with Gasteiger partial charge >= 0.3 is 0 Å². The lowest BCUT2D eigenvalue weighted by Gasteiger charge is -2.20. The molecule has 2 N–H and O–H groups in total. The molecule has 3 rings (SSSR count). The second-order valence-electron chi connectivity index (χ2n) is 7.69. The van der Waals surface area contributed by atoms with Crippen molar-refractivity contribution in [1.29, 1.82) is 0 Å². The monoisotopic (exact) mass is 533 g/mol. The Kier molecular flexibility index (Phi) is 8.75. The van der Waals surface area contributed by atoms with Crippen LogP contribution in [0, 0.1) is 5.92 Å². The van der Waals surface area contributed by atoms with Gasteiger partial charge in [0.1, 0.15) is 6.04 Å². The molecule has 0 saturated heterocycles. The van der Waals surface area contributed by atoms with Gasteiger partial charge in [-0.05, 0) is 71.6 Å². The standard InChI is InChI=1S/C24H28BrN3O6/c1-5-31-20-10-15(9-17(25)22(20)32-6-2)12-26-28-24(30)21(14(3)4)27-23(29)16-7-8-18-19(11-16)34-13-33-18/h7-12,14,21H,5-6,13H2,1-4H3,(H,27,29)(H,28,30). The number of hydrogen-bond acceptors (Lipinski definition) is 7. The normalized spacial score (nSPS) is 13.1. The van der Waals surface area contributed by atoms with Gasteiger partial charge in [-0.2, -0.15) is 5.10 Å². The third-order valence-corrected chi connectivity index (χ3v) is 5.47. The van der Waals surface area contributed by atoms with Crippen LogP contribution in [0.1, 0.15) is 43.6 Å². The molecule has 9 nitrogen and oxygen atoms in total. The molecule has 10 heteroatoms. The van der Waals surface area contributed by atoms with Crippen molar-refractivity contribution < 1.29 is 28.5 Å². The summed E-state index contributed by atoms with van der Waals surface area (Å²) in [6.07, 6.45) is 1.50. The van der Waals surface area contributed by atoms with Crippen molar-refractivity contribution in [2.45, 2.75) is 33.7 Å². The van der Waals surface area contributed by atoms with Crippen LogP contribution in [-0.4, -0.2) is 44.1 Å². The Balaban J connectivity index is 1.67. The molecule has 182 valence electrons. The number of carbonyl (C=O) groups is 2. The molecule has 1 heterocycles. The maximum Gasteiger partial charge on any atom is 0.262 e. The van der Waals surface area contributed by atoms with Gasteiger partial charge in [0, 0.05) is 5.56 Å². The Morgan fingerprint density at radius 3 is 2.56 bits per heavy atom. The Bertz CT molecular complexity index is 1070. The van der Waals surface area contributed by atoms with E-state index in [1.807, 2.05) is 33.8 Å². The Morgan fingerprint density at radius 2 is 1.85 bits per heavy atom. The number of benzene rings is 2. The van der Waals surface area contributed by atoms with Gasteiger partial charge in [-0.1, -0.05) is 13.8 Å². The van der Waals surface area contributed by atoms with Crippen LogP contribution in [0.2, 0.25) is 0 Å². The lowest BCUT2D eigenvalue weighted by Crippen LogP contribution is -2.48. The first-order valence-electron chi connectivity index (χ1n) is 11.0. The fourth-order valence-corrected chi connectivity index (χ4v) is 3.82. The van der Waals surface area contributed by atoms with Gasteiger partial charge in [0.15, 0.2) is 23.0 Å². The minimum Gasteiger partial charge on any atom is -0.490 e. The number of hydrazone groups is 1. The quantitative estimate of drug-likeness (QED) is 0.354. The topological polar surface area (TPSA) is 107 Å². The van der Waals surface area contributed by atoms with Gasteiger partial charge in [-0.3, -0.25) is 9.59 Å². The highest BCUT2D eigenvalue weighted by Crippen LogP contribution is 2.36. The third kappa shape index (κ3) is 6.19. The number of nitrogens with zero attached hydrogens (tertiary/aromatic N) is 1. The van der Waals surface area contributed by atoms with Gasteiger partial charge in [0.2, 0.25) is 6.79 Å². The predicted octanol–water partition coefficient (Wildman–Crippen LogP) is 3.88. The number of halogens is 1. The zero-order valence-electron chi connectivity index (χ0n) is 19.5. The van der Waals surface area contributed by atoms with Crippen LogP contribution in [0.5, 0.6) is 23.0 Å². The highest BCUT2D eigenvalue weighted by atomic mass is 79.9. The van der Waals surface area contributed by atoms with E-state index in [-0.39, 0.29) is 12.7 Å². The summed E-state index contributed by atoms with van der Waals surface area (Å²) in [4.78, 5) is 25.5. The summed E-state index contributed by atoms with van der Waals surface area (Å²) < 4.78 is 22.6. The van der Waals surface area contributed by atoms with Crippen molar-refractivity contribution >= 4 is 34.0 Å². The van der Waals surface area contributed by atoms with Crippen LogP contribution < -0.4 is 29.7 Å². The van der Waals surface area contributed by atoms with Crippen molar-refractivity contribution in [2.75, 3.05) is 20.0 Å². The molecular weight excluding hydrogens is 506 g/mol. The molecule has 2 aromatic rings. The number of amides is 2. The van der Waals surface area contributed by atoms with Crippen LogP contribution in [-0.2, 0) is 4.79 Å². The van der Waals surface area contributed by atoms with Crippen molar-refractivity contribution in [3.63, 3.8) is 0 Å². The van der Waals surface area contributed by atoms with Crippen molar-refractivity contribution in [3.05, 3.63) is 45.9 Å². The Hall–Kier alpha value is -3.27. The summed E-state index contributed by atoms with van der Waals surface area (Å²) in [6, 6.07) is 7.67. The highest BCUT2D eigenvalue weighted by Gasteiger charge is 2.25. The van der Waals surface area contributed by atoms with Gasteiger partial charge < -0.3 is 24.3 Å². The molecule has 2 aromatic carbocycles. The van der Waals surface area contributed by atoms with E-state index in [1.165, 1.54) is 6.21 Å². The number of fused-ring (bicyclic) bond motifs is 1. The maximum absolute atomic E-state index is 12.8. The molecule has 2 amide bonds. The summed E-state index contributed by atoms with van der Waals surface area (Å²) >= 11 is 3.48. The zero-order valence-corrected chi connectivity index (χ0v) is 21.1. The largest absolute Gasteiger partial charge is 0.490 e. The molecule has 0 spiro atoms. The van der Waals surface area contributed by atoms with E-state index >= 15 is 0 Å². The molecule has 1 aliphatic rings. The molecule has 0 radical (unpaired) electrons. The van der Waals surface area contributed by atoms with Crippen LogP contribution in [0.25, 0.3) is 0 Å². The van der Waals surface area contributed by atoms with E-state index in [9.17, 15) is 9.59 Å². The van der Waals surface area contributed by atoms with Gasteiger partial charge in [-0.25, -0.2) is 5.43 Å². The number of hydrogen-bond donors (Lipinski definition) is 2.